The zero-order valence-electron chi connectivity index (χ0n) is 8.79. The third-order valence-corrected chi connectivity index (χ3v) is 2.03. The number of nitrogens with zero attached hydrogens (tertiary/aromatic N) is 1. The molecular weight excluding hydrogens is 256 g/mol. The van der Waals surface area contributed by atoms with E-state index in [-0.39, 0.29) is 12.1 Å². The molecular formula is C10H7F4N2O2. The second-order valence-corrected chi connectivity index (χ2v) is 3.32. The predicted molar refractivity (Wildman–Crippen MR) is 52.9 cm³/mol. The van der Waals surface area contributed by atoms with Crippen LogP contribution in [0.1, 0.15) is 5.56 Å². The summed E-state index contributed by atoms with van der Waals surface area (Å²) in [6.45, 7) is -0.702. The van der Waals surface area contributed by atoms with Gasteiger partial charge in [0.25, 0.3) is 5.91 Å². The van der Waals surface area contributed by atoms with Crippen LogP contribution in [0.2, 0.25) is 0 Å². The summed E-state index contributed by atoms with van der Waals surface area (Å²) in [5.41, 5.74) is 4.80. The SMILES string of the molecule is [NH]C(=O)CN(C=O)c1ccc(F)c(C(F)(F)F)c1. The molecule has 8 heteroatoms. The molecule has 1 radical (unpaired) electrons. The number of alkyl halides is 3. The van der Waals surface area contributed by atoms with Gasteiger partial charge in [-0.25, -0.2) is 4.39 Å². The Balaban J connectivity index is 3.18. The van der Waals surface area contributed by atoms with E-state index in [4.69, 9.17) is 5.73 Å². The summed E-state index contributed by atoms with van der Waals surface area (Å²) in [5.74, 6) is -2.63. The van der Waals surface area contributed by atoms with Crippen LogP contribution in [-0.2, 0) is 15.8 Å². The summed E-state index contributed by atoms with van der Waals surface area (Å²) in [6.07, 6.45) is -4.81. The minimum atomic E-state index is -4.90. The quantitative estimate of drug-likeness (QED) is 0.612. The van der Waals surface area contributed by atoms with Crippen LogP contribution in [0, 0.1) is 5.82 Å². The van der Waals surface area contributed by atoms with Crippen LogP contribution in [-0.4, -0.2) is 18.9 Å². The highest BCUT2D eigenvalue weighted by atomic mass is 19.4. The van der Waals surface area contributed by atoms with Gasteiger partial charge in [0.05, 0.1) is 5.56 Å². The second-order valence-electron chi connectivity index (χ2n) is 3.32. The van der Waals surface area contributed by atoms with Gasteiger partial charge in [-0.1, -0.05) is 0 Å². The Kier molecular flexibility index (Phi) is 3.89. The molecule has 0 saturated heterocycles. The molecule has 1 rings (SSSR count). The number of carbonyl (C=O) groups excluding carboxylic acids is 2. The van der Waals surface area contributed by atoms with Crippen molar-refractivity contribution in [3.05, 3.63) is 29.6 Å². The topological polar surface area (TPSA) is 61.2 Å². The average Bonchev–Trinajstić information content (AvgIpc) is 2.25. The number of rotatable bonds is 4. The Morgan fingerprint density at radius 3 is 2.44 bits per heavy atom. The number of hydrogen-bond donors (Lipinski definition) is 0. The van der Waals surface area contributed by atoms with Gasteiger partial charge in [-0.3, -0.25) is 15.3 Å². The van der Waals surface area contributed by atoms with Crippen molar-refractivity contribution in [3.8, 4) is 0 Å². The molecule has 1 N–H and O–H groups in total. The van der Waals surface area contributed by atoms with Crippen molar-refractivity contribution in [1.29, 1.82) is 0 Å². The highest BCUT2D eigenvalue weighted by Crippen LogP contribution is 2.33. The number of hydrogen-bond acceptors (Lipinski definition) is 2. The molecule has 2 amide bonds. The van der Waals surface area contributed by atoms with Crippen molar-refractivity contribution in [3.63, 3.8) is 0 Å². The van der Waals surface area contributed by atoms with Crippen LogP contribution in [0.4, 0.5) is 23.2 Å². The molecule has 0 bridgehead atoms. The minimum Gasteiger partial charge on any atom is -0.305 e. The van der Waals surface area contributed by atoms with E-state index in [1.807, 2.05) is 0 Å². The highest BCUT2D eigenvalue weighted by Gasteiger charge is 2.34. The van der Waals surface area contributed by atoms with Gasteiger partial charge in [0.1, 0.15) is 12.4 Å². The maximum atomic E-state index is 13.0. The Labute approximate surface area is 99.0 Å². The van der Waals surface area contributed by atoms with E-state index in [0.29, 0.717) is 17.0 Å². The van der Waals surface area contributed by atoms with E-state index in [0.717, 1.165) is 6.07 Å². The van der Waals surface area contributed by atoms with Gasteiger partial charge < -0.3 is 4.90 Å². The summed E-state index contributed by atoms with van der Waals surface area (Å²) in [6, 6.07) is 1.87. The first-order valence-corrected chi connectivity index (χ1v) is 4.59. The van der Waals surface area contributed by atoms with Crippen LogP contribution in [0.25, 0.3) is 0 Å². The summed E-state index contributed by atoms with van der Waals surface area (Å²) in [4.78, 5) is 21.7. The second kappa shape index (κ2) is 5.03. The first-order valence-electron chi connectivity index (χ1n) is 4.59. The number of nitrogens with one attached hydrogen (secondary N) is 1. The molecule has 0 atom stereocenters. The van der Waals surface area contributed by atoms with Gasteiger partial charge in [0.15, 0.2) is 0 Å². The van der Waals surface area contributed by atoms with E-state index in [2.05, 4.69) is 0 Å². The lowest BCUT2D eigenvalue weighted by atomic mass is 10.1. The van der Waals surface area contributed by atoms with Gasteiger partial charge >= 0.3 is 6.18 Å². The fourth-order valence-electron chi connectivity index (χ4n) is 1.25. The molecule has 0 aromatic heterocycles. The normalized spacial score (nSPS) is 11.1. The number of anilines is 1. The van der Waals surface area contributed by atoms with E-state index in [1.54, 1.807) is 0 Å². The largest absolute Gasteiger partial charge is 0.419 e. The van der Waals surface area contributed by atoms with Gasteiger partial charge in [-0.05, 0) is 18.2 Å². The molecule has 0 aliphatic heterocycles. The van der Waals surface area contributed by atoms with Crippen molar-refractivity contribution >= 4 is 18.0 Å². The minimum absolute atomic E-state index is 0.0971. The molecule has 0 fully saturated rings. The van der Waals surface area contributed by atoms with Crippen molar-refractivity contribution in [2.45, 2.75) is 6.18 Å². The summed E-state index contributed by atoms with van der Waals surface area (Å²) < 4.78 is 50.2. The van der Waals surface area contributed by atoms with E-state index in [1.165, 1.54) is 0 Å². The summed E-state index contributed by atoms with van der Waals surface area (Å²) in [5, 5.41) is 0. The lowest BCUT2D eigenvalue weighted by molar-refractivity contribution is -0.140. The molecule has 0 unspecified atom stereocenters. The Bertz CT molecular complexity index is 473. The summed E-state index contributed by atoms with van der Waals surface area (Å²) >= 11 is 0. The fourth-order valence-corrected chi connectivity index (χ4v) is 1.25. The lowest BCUT2D eigenvalue weighted by Gasteiger charge is -2.17. The number of benzene rings is 1. The molecule has 0 saturated carbocycles. The number of carbonyl (C=O) groups is 2. The smallest absolute Gasteiger partial charge is 0.305 e. The molecule has 0 aliphatic rings. The summed E-state index contributed by atoms with van der Waals surface area (Å²) in [7, 11) is 0. The molecule has 0 spiro atoms. The van der Waals surface area contributed by atoms with Crippen molar-refractivity contribution < 1.29 is 27.2 Å². The Hall–Kier alpha value is -2.12. The third-order valence-electron chi connectivity index (χ3n) is 2.03. The van der Waals surface area contributed by atoms with Gasteiger partial charge in [0, 0.05) is 5.69 Å². The standard InChI is InChI=1S/C10H7F4N2O2/c11-8-2-1-6(3-7(8)10(12,13)14)16(5-17)4-9(15)18/h1-3,5,15H,4H2. The van der Waals surface area contributed by atoms with Crippen LogP contribution in [0.5, 0.6) is 0 Å². The van der Waals surface area contributed by atoms with Crippen molar-refractivity contribution in [2.24, 2.45) is 0 Å². The molecule has 97 valence electrons. The molecule has 1 aromatic carbocycles. The fraction of sp³-hybridized carbons (Fsp3) is 0.200. The average molecular weight is 263 g/mol. The molecule has 0 aliphatic carbocycles. The van der Waals surface area contributed by atoms with Crippen LogP contribution >= 0.6 is 0 Å². The van der Waals surface area contributed by atoms with Crippen molar-refractivity contribution in [2.75, 3.05) is 11.4 Å². The zero-order valence-corrected chi connectivity index (χ0v) is 8.79. The molecule has 4 nitrogen and oxygen atoms in total. The van der Waals surface area contributed by atoms with Gasteiger partial charge in [-0.15, -0.1) is 0 Å². The van der Waals surface area contributed by atoms with E-state index < -0.39 is 30.0 Å². The maximum absolute atomic E-state index is 13.0. The zero-order chi connectivity index (χ0) is 13.9. The van der Waals surface area contributed by atoms with Crippen LogP contribution in [0.3, 0.4) is 0 Å². The maximum Gasteiger partial charge on any atom is 0.419 e. The first kappa shape index (κ1) is 13.9. The Morgan fingerprint density at radius 2 is 2.00 bits per heavy atom. The number of halogens is 4. The van der Waals surface area contributed by atoms with E-state index in [9.17, 15) is 27.2 Å². The lowest BCUT2D eigenvalue weighted by Crippen LogP contribution is -2.29. The monoisotopic (exact) mass is 263 g/mol. The predicted octanol–water partition coefficient (Wildman–Crippen LogP) is 1.62. The molecule has 18 heavy (non-hydrogen) atoms. The third kappa shape index (κ3) is 3.19. The van der Waals surface area contributed by atoms with E-state index >= 15 is 0 Å². The highest BCUT2D eigenvalue weighted by molar-refractivity contribution is 5.87. The van der Waals surface area contributed by atoms with Crippen LogP contribution in [0.15, 0.2) is 18.2 Å². The number of amides is 2. The first-order chi connectivity index (χ1) is 8.25. The molecule has 1 aromatic rings. The molecule has 0 heterocycles. The van der Waals surface area contributed by atoms with Crippen LogP contribution < -0.4 is 10.6 Å². The van der Waals surface area contributed by atoms with Gasteiger partial charge in [-0.2, -0.15) is 13.2 Å². The van der Waals surface area contributed by atoms with Crippen molar-refractivity contribution in [1.82, 2.24) is 5.73 Å². The van der Waals surface area contributed by atoms with Gasteiger partial charge in [0.2, 0.25) is 6.41 Å². The Morgan fingerprint density at radius 1 is 1.39 bits per heavy atom.